The number of ketones is 1. The van der Waals surface area contributed by atoms with Crippen molar-refractivity contribution in [3.63, 3.8) is 0 Å². The zero-order valence-corrected chi connectivity index (χ0v) is 55.6. The molecule has 25 atom stereocenters. The van der Waals surface area contributed by atoms with Gasteiger partial charge in [0.05, 0.1) is 27.3 Å². The fourth-order valence-corrected chi connectivity index (χ4v) is 169. The van der Waals surface area contributed by atoms with Gasteiger partial charge in [-0.1, -0.05) is 64.8 Å². The molecule has 300 valence electrons. The molecule has 0 amide bonds. The molecule has 5 nitrogen and oxygen atoms in total. The van der Waals surface area contributed by atoms with Crippen LogP contribution in [-0.2, 0) is 18.4 Å². The molecule has 0 aromatic rings. The Labute approximate surface area is 355 Å². The van der Waals surface area contributed by atoms with Gasteiger partial charge in [0.1, 0.15) is 6.10 Å². The second-order valence-electron chi connectivity index (χ2n) is 12.2. The van der Waals surface area contributed by atoms with Gasteiger partial charge in [0.25, 0.3) is 0 Å². The van der Waals surface area contributed by atoms with Crippen molar-refractivity contribution in [2.24, 2.45) is 23.2 Å². The van der Waals surface area contributed by atoms with Crippen LogP contribution in [0.15, 0.2) is 23.8 Å². The normalized spacial score (nSPS) is 23.5. The average molecular weight is 1170 g/mol. The summed E-state index contributed by atoms with van der Waals surface area (Å²) in [5, 5.41) is 9.84. The highest BCUT2D eigenvalue weighted by molar-refractivity contribution is 9.19. The second-order valence-corrected chi connectivity index (χ2v) is 96.7. The maximum absolute atomic E-state index is 14.5. The van der Waals surface area contributed by atoms with E-state index in [-0.39, 0.29) is 98.2 Å². The van der Waals surface area contributed by atoms with Crippen LogP contribution in [0.1, 0.15) is 53.9 Å². The SMILES string of the molecule is C=C(CCCO)C(C(C)C(=O)C(C)OP(P(P)P)P(PP)P(P)P)C(OPP)C1CC(OP(P(P)P(P)P)P(P(P)P)P(P)P)C(C)=CC1(C)C. The standard InChI is InChI=1S/C21H61O5P25/c1-12(8-7-9-22)18(14(3)19(23)15(4)25-42(44(29)30)50(41-28)46(33)34)20(24-40-27)16-10-17(13(2)11-21(16,5)6)26-43(49(39)45(31)32)51(47(35)36)48(37)38/h11,14-18,20,22,40-41H,1,7-10,27-39H2,2-6H3. The van der Waals surface area contributed by atoms with Gasteiger partial charge in [-0.25, -0.2) is 0 Å². The average Bonchev–Trinajstić information content (AvgIpc) is 3.02. The summed E-state index contributed by atoms with van der Waals surface area (Å²) in [4.78, 5) is 14.5. The maximum Gasteiger partial charge on any atom is 0.165 e. The molecule has 0 saturated heterocycles. The largest absolute Gasteiger partial charge is 0.396 e. The van der Waals surface area contributed by atoms with Crippen LogP contribution in [0.2, 0.25) is 0 Å². The van der Waals surface area contributed by atoms with Gasteiger partial charge in [-0.3, -0.25) is 4.79 Å². The molecule has 51 heavy (non-hydrogen) atoms. The molecule has 0 spiro atoms. The lowest BCUT2D eigenvalue weighted by molar-refractivity contribution is -0.131. The molecule has 25 unspecified atom stereocenters. The van der Waals surface area contributed by atoms with E-state index in [0.29, 0.717) is 12.8 Å². The molecule has 30 heteroatoms. The Hall–Kier alpha value is 9.74. The van der Waals surface area contributed by atoms with E-state index in [0.717, 1.165) is 20.0 Å². The molecule has 0 bridgehead atoms. The van der Waals surface area contributed by atoms with Crippen LogP contribution < -0.4 is 0 Å². The molecule has 0 radical (unpaired) electrons. The Bertz CT molecular complexity index is 1090. The third-order valence-corrected chi connectivity index (χ3v) is 127. The Balaban J connectivity index is 3.71. The van der Waals surface area contributed by atoms with Gasteiger partial charge in [0.2, 0.25) is 0 Å². The fourth-order valence-electron chi connectivity index (χ4n) is 5.83. The maximum atomic E-state index is 14.5. The molecule has 0 aromatic heterocycles. The lowest BCUT2D eigenvalue weighted by Crippen LogP contribution is -2.47. The summed E-state index contributed by atoms with van der Waals surface area (Å²) in [6.07, 6.45) is 3.69. The van der Waals surface area contributed by atoms with Gasteiger partial charge in [0, 0.05) is 47.9 Å². The van der Waals surface area contributed by atoms with Crippen LogP contribution in [0, 0.1) is 23.2 Å². The highest BCUT2D eigenvalue weighted by atomic mass is 33.2. The Morgan fingerprint density at radius 3 is 1.96 bits per heavy atom. The molecule has 1 N–H and O–H groups in total. The minimum Gasteiger partial charge on any atom is -0.396 e. The van der Waals surface area contributed by atoms with Gasteiger partial charge in [0.15, 0.2) is 5.78 Å². The first kappa shape index (κ1) is 58.8. The van der Waals surface area contributed by atoms with Crippen molar-refractivity contribution in [2.45, 2.75) is 72.2 Å². The van der Waals surface area contributed by atoms with E-state index < -0.39 is 35.1 Å². The van der Waals surface area contributed by atoms with Crippen molar-refractivity contribution in [1.82, 2.24) is 0 Å². The van der Waals surface area contributed by atoms with Crippen molar-refractivity contribution in [2.75, 3.05) is 6.61 Å². The van der Waals surface area contributed by atoms with E-state index in [2.05, 4.69) is 156 Å². The lowest BCUT2D eigenvalue weighted by atomic mass is 9.62. The summed E-state index contributed by atoms with van der Waals surface area (Å²) in [6, 6.07) is 0. The van der Waals surface area contributed by atoms with Gasteiger partial charge in [-0.05, 0) is 85.0 Å². The molecule has 1 aliphatic carbocycles. The van der Waals surface area contributed by atoms with Gasteiger partial charge in [-0.15, -0.1) is 98.2 Å². The van der Waals surface area contributed by atoms with Crippen LogP contribution in [0.3, 0.4) is 0 Å². The number of aliphatic hydroxyl groups is 1. The zero-order valence-electron chi connectivity index (χ0n) is 29.6. The van der Waals surface area contributed by atoms with E-state index in [1.807, 2.05) is 6.92 Å². The predicted octanol–water partition coefficient (Wildman–Crippen LogP) is 17.7. The fraction of sp³-hybridized carbons (Fsp3) is 0.762. The minimum absolute atomic E-state index is 0.0178. The summed E-state index contributed by atoms with van der Waals surface area (Å²) >= 11 is 0. The van der Waals surface area contributed by atoms with Crippen LogP contribution in [0.4, 0.5) is 0 Å². The zero-order chi connectivity index (χ0) is 39.5. The number of aliphatic hydroxyl groups excluding tert-OH is 1. The van der Waals surface area contributed by atoms with Gasteiger partial charge >= 0.3 is 0 Å². The number of hydrogen-bond donors (Lipinski definition) is 1. The Morgan fingerprint density at radius 2 is 1.53 bits per heavy atom. The van der Waals surface area contributed by atoms with Crippen molar-refractivity contribution in [3.8, 4) is 0 Å². The lowest BCUT2D eigenvalue weighted by Gasteiger charge is -2.48. The topological polar surface area (TPSA) is 65.0 Å². The van der Waals surface area contributed by atoms with Crippen LogP contribution in [-0.4, -0.2) is 35.8 Å². The molecule has 0 aliphatic heterocycles. The summed E-state index contributed by atoms with van der Waals surface area (Å²) in [5.41, 5.74) is 2.07. The summed E-state index contributed by atoms with van der Waals surface area (Å²) in [5.74, 6) is -0.400. The van der Waals surface area contributed by atoms with Crippen molar-refractivity contribution in [1.29, 1.82) is 0 Å². The smallest absolute Gasteiger partial charge is 0.165 e. The first-order chi connectivity index (χ1) is 23.6. The first-order valence-electron chi connectivity index (χ1n) is 15.2. The third kappa shape index (κ3) is 19.2. The summed E-state index contributed by atoms with van der Waals surface area (Å²) < 4.78 is 21.1. The Kier molecular flexibility index (Phi) is 34.7. The monoisotopic (exact) mass is 1170 g/mol. The molecule has 1 aliphatic rings. The van der Waals surface area contributed by atoms with Crippen LogP contribution >= 0.6 is 203 Å². The van der Waals surface area contributed by atoms with E-state index in [1.54, 1.807) is 0 Å². The van der Waals surface area contributed by atoms with Crippen molar-refractivity contribution < 1.29 is 23.5 Å². The van der Waals surface area contributed by atoms with E-state index in [9.17, 15) is 9.90 Å². The van der Waals surface area contributed by atoms with E-state index >= 15 is 0 Å². The predicted molar refractivity (Wildman–Crippen MR) is 311 cm³/mol. The van der Waals surface area contributed by atoms with E-state index in [1.165, 1.54) is 5.57 Å². The number of allylic oxidation sites excluding steroid dienone is 1. The van der Waals surface area contributed by atoms with E-state index in [4.69, 9.17) is 13.6 Å². The highest BCUT2D eigenvalue weighted by Gasteiger charge is 2.48. The van der Waals surface area contributed by atoms with Crippen molar-refractivity contribution in [3.05, 3.63) is 23.8 Å². The van der Waals surface area contributed by atoms with Crippen LogP contribution in [0.5, 0.6) is 0 Å². The third-order valence-electron chi connectivity index (χ3n) is 8.15. The quantitative estimate of drug-likeness (QED) is 0.0771. The van der Waals surface area contributed by atoms with Gasteiger partial charge < -0.3 is 18.7 Å². The molecule has 0 aromatic carbocycles. The molecular weight excluding hydrogens is 1110 g/mol. The molecule has 0 fully saturated rings. The number of carbonyl (C=O) groups is 1. The van der Waals surface area contributed by atoms with Crippen molar-refractivity contribution >= 4 is 209 Å². The summed E-state index contributed by atoms with van der Waals surface area (Å²) in [6.45, 7) is 12.8. The molecule has 0 saturated carbocycles. The minimum atomic E-state index is -0.759. The van der Waals surface area contributed by atoms with Crippen LogP contribution in [0.25, 0.3) is 0 Å². The Morgan fingerprint density at radius 1 is 0.961 bits per heavy atom. The number of carbonyl (C=O) groups excluding carboxylic acids is 1. The van der Waals surface area contributed by atoms with Gasteiger partial charge in [-0.2, -0.15) is 0 Å². The number of hydrogen-bond acceptors (Lipinski definition) is 5. The molecular formula is C21H61O5P25. The highest BCUT2D eigenvalue weighted by Crippen LogP contribution is 3.18. The number of rotatable bonds is 24. The number of Topliss-reactive ketones (excluding diaryl/α,β-unsaturated/α-hetero) is 1. The molecule has 1 rings (SSSR count). The summed E-state index contributed by atoms with van der Waals surface area (Å²) in [7, 11) is 39.0. The molecule has 0 heterocycles. The second kappa shape index (κ2) is 30.1. The first-order valence-corrected chi connectivity index (χ1v) is 58.3.